The van der Waals surface area contributed by atoms with Gasteiger partial charge < -0.3 is 25.0 Å². The second-order valence-corrected chi connectivity index (χ2v) is 12.2. The first-order chi connectivity index (χ1) is 19.6. The van der Waals surface area contributed by atoms with E-state index in [2.05, 4.69) is 34.5 Å². The van der Waals surface area contributed by atoms with Gasteiger partial charge in [-0.05, 0) is 82.5 Å². The number of rotatable bonds is 8. The Morgan fingerprint density at radius 3 is 2.49 bits per heavy atom. The molecule has 2 fully saturated rings. The predicted molar refractivity (Wildman–Crippen MR) is 153 cm³/mol. The Labute approximate surface area is 240 Å². The van der Waals surface area contributed by atoms with Gasteiger partial charge in [-0.2, -0.15) is 13.2 Å². The van der Waals surface area contributed by atoms with Crippen molar-refractivity contribution in [2.45, 2.75) is 75.7 Å². The van der Waals surface area contributed by atoms with E-state index in [0.717, 1.165) is 57.5 Å². The average molecular weight is 574 g/mol. The Kier molecular flexibility index (Phi) is 9.09. The van der Waals surface area contributed by atoms with Crippen LogP contribution in [0.3, 0.4) is 0 Å². The number of benzene rings is 1. The molecule has 3 aliphatic rings. The molecule has 224 valence electrons. The van der Waals surface area contributed by atoms with Gasteiger partial charge in [0.05, 0.1) is 11.6 Å². The maximum Gasteiger partial charge on any atom is 0.416 e. The van der Waals surface area contributed by atoms with Crippen molar-refractivity contribution < 1.29 is 22.8 Å². The molecule has 10 heteroatoms. The highest BCUT2D eigenvalue weighted by atomic mass is 19.4. The summed E-state index contributed by atoms with van der Waals surface area (Å²) in [5.41, 5.74) is 0.524. The lowest BCUT2D eigenvalue weighted by atomic mass is 9.83. The number of piperidine rings is 1. The van der Waals surface area contributed by atoms with Crippen LogP contribution in [0.25, 0.3) is 11.1 Å². The summed E-state index contributed by atoms with van der Waals surface area (Å²) in [5.74, 6) is 0.117. The van der Waals surface area contributed by atoms with Crippen LogP contribution in [0.5, 0.6) is 0 Å². The molecule has 2 N–H and O–H groups in total. The van der Waals surface area contributed by atoms with Crippen molar-refractivity contribution in [3.63, 3.8) is 0 Å². The molecule has 0 bridgehead atoms. The molecule has 0 spiro atoms. The number of aromatic nitrogens is 1. The first kappa shape index (κ1) is 29.6. The summed E-state index contributed by atoms with van der Waals surface area (Å²) in [5, 5.41) is 6.24. The number of alkyl halides is 3. The van der Waals surface area contributed by atoms with Crippen LogP contribution in [0.15, 0.2) is 36.5 Å². The molecule has 0 radical (unpaired) electrons. The zero-order chi connectivity index (χ0) is 29.1. The van der Waals surface area contributed by atoms with Gasteiger partial charge in [-0.15, -0.1) is 0 Å². The van der Waals surface area contributed by atoms with Crippen LogP contribution in [-0.4, -0.2) is 78.5 Å². The van der Waals surface area contributed by atoms with Gasteiger partial charge in [-0.1, -0.05) is 31.4 Å². The van der Waals surface area contributed by atoms with Crippen LogP contribution in [0, 0.1) is 5.92 Å². The Balaban J connectivity index is 1.28. The van der Waals surface area contributed by atoms with Gasteiger partial charge in [-0.25, -0.2) is 0 Å². The minimum Gasteiger partial charge on any atom is -0.352 e. The molecule has 2 aromatic rings. The van der Waals surface area contributed by atoms with Crippen LogP contribution < -0.4 is 10.6 Å². The van der Waals surface area contributed by atoms with Crippen molar-refractivity contribution >= 4 is 11.8 Å². The molecule has 7 nitrogen and oxygen atoms in total. The summed E-state index contributed by atoms with van der Waals surface area (Å²) in [6.07, 6.45) is 5.59. The number of halogens is 3. The van der Waals surface area contributed by atoms with E-state index in [9.17, 15) is 22.8 Å². The van der Waals surface area contributed by atoms with Crippen LogP contribution in [0.2, 0.25) is 0 Å². The summed E-state index contributed by atoms with van der Waals surface area (Å²) < 4.78 is 41.6. The molecule has 2 amide bonds. The summed E-state index contributed by atoms with van der Waals surface area (Å²) in [6.45, 7) is 3.21. The van der Waals surface area contributed by atoms with Crippen LogP contribution in [0.4, 0.5) is 13.2 Å². The zero-order valence-electron chi connectivity index (χ0n) is 24.1. The maximum atomic E-state index is 13.5. The molecule has 2 aliphatic heterocycles. The van der Waals surface area contributed by atoms with Gasteiger partial charge >= 0.3 is 6.18 Å². The lowest BCUT2D eigenvalue weighted by Gasteiger charge is -2.39. The predicted octanol–water partition coefficient (Wildman–Crippen LogP) is 4.94. The number of carbonyl (C=O) groups excluding carboxylic acids is 2. The highest BCUT2D eigenvalue weighted by molar-refractivity contribution is 5.95. The van der Waals surface area contributed by atoms with Crippen LogP contribution in [0.1, 0.15) is 73.5 Å². The molecule has 1 aliphatic carbocycles. The number of carbonyl (C=O) groups is 2. The van der Waals surface area contributed by atoms with Crippen molar-refractivity contribution in [3.05, 3.63) is 47.8 Å². The average Bonchev–Trinajstić information content (AvgIpc) is 3.42. The molecule has 1 saturated heterocycles. The fourth-order valence-corrected chi connectivity index (χ4v) is 6.79. The van der Waals surface area contributed by atoms with E-state index in [1.165, 1.54) is 25.3 Å². The van der Waals surface area contributed by atoms with Crippen molar-refractivity contribution in [1.82, 2.24) is 25.0 Å². The fraction of sp³-hybridized carbons (Fsp3) is 0.613. The fourth-order valence-electron chi connectivity index (χ4n) is 6.79. The maximum absolute atomic E-state index is 13.5. The first-order valence-corrected chi connectivity index (χ1v) is 14.9. The van der Waals surface area contributed by atoms with E-state index in [4.69, 9.17) is 0 Å². The van der Waals surface area contributed by atoms with E-state index >= 15 is 0 Å². The highest BCUT2D eigenvalue weighted by Gasteiger charge is 2.33. The topological polar surface area (TPSA) is 69.6 Å². The second kappa shape index (κ2) is 12.6. The number of fused-ring (bicyclic) bond motifs is 1. The van der Waals surface area contributed by atoms with Gasteiger partial charge in [0.1, 0.15) is 5.69 Å². The molecule has 3 heterocycles. The molecule has 1 saturated carbocycles. The van der Waals surface area contributed by atoms with E-state index < -0.39 is 11.7 Å². The van der Waals surface area contributed by atoms with E-state index in [-0.39, 0.29) is 30.3 Å². The molecular formula is C31H42F3N5O2. The van der Waals surface area contributed by atoms with Crippen LogP contribution in [-0.2, 0) is 11.0 Å². The van der Waals surface area contributed by atoms with Gasteiger partial charge in [-0.3, -0.25) is 9.59 Å². The SMILES string of the molecule is CN(C)C1CCN(C[C@@H](NC(=O)C[C@@H]2CNC(=O)c3cc(-c4cccc(C(F)(F)F)c4)cn32)C2CCCCC2)CC1. The summed E-state index contributed by atoms with van der Waals surface area (Å²) in [7, 11) is 4.27. The lowest BCUT2D eigenvalue weighted by Crippen LogP contribution is -2.52. The third-order valence-electron chi connectivity index (χ3n) is 9.22. The first-order valence-electron chi connectivity index (χ1n) is 14.9. The number of hydrogen-bond acceptors (Lipinski definition) is 4. The van der Waals surface area contributed by atoms with Crippen molar-refractivity contribution in [3.8, 4) is 11.1 Å². The largest absolute Gasteiger partial charge is 0.416 e. The van der Waals surface area contributed by atoms with Gasteiger partial charge in [0.25, 0.3) is 5.91 Å². The third-order valence-corrected chi connectivity index (χ3v) is 9.22. The molecule has 1 aromatic heterocycles. The Morgan fingerprint density at radius 2 is 1.80 bits per heavy atom. The normalized spacial score (nSPS) is 21.9. The molecule has 1 aromatic carbocycles. The van der Waals surface area contributed by atoms with Crippen LogP contribution >= 0.6 is 0 Å². The second-order valence-electron chi connectivity index (χ2n) is 12.2. The molecule has 2 atom stereocenters. The molecule has 0 unspecified atom stereocenters. The standard InChI is InChI=1S/C31H42F3N5O2/c1-37(2)25-11-13-38(14-12-25)20-27(21-7-4-3-5-8-21)36-29(40)17-26-18-35-30(41)28-16-23(19-39(26)28)22-9-6-10-24(15-22)31(32,33)34/h6,9-10,15-16,19,21,25-27H,3-5,7-8,11-14,17-18,20H2,1-2H3,(H,35,41)(H,36,40)/t26-,27-/m1/s1. The highest BCUT2D eigenvalue weighted by Crippen LogP contribution is 2.34. The van der Waals surface area contributed by atoms with Crippen molar-refractivity contribution in [1.29, 1.82) is 0 Å². The van der Waals surface area contributed by atoms with Gasteiger partial charge in [0.15, 0.2) is 0 Å². The number of nitrogens with one attached hydrogen (secondary N) is 2. The number of hydrogen-bond donors (Lipinski definition) is 2. The summed E-state index contributed by atoms with van der Waals surface area (Å²) >= 11 is 0. The number of nitrogens with zero attached hydrogens (tertiary/aromatic N) is 3. The van der Waals surface area contributed by atoms with E-state index in [0.29, 0.717) is 35.3 Å². The lowest BCUT2D eigenvalue weighted by molar-refractivity contribution is -0.137. The quantitative estimate of drug-likeness (QED) is 0.470. The molecule has 5 rings (SSSR count). The van der Waals surface area contributed by atoms with E-state index in [1.54, 1.807) is 22.9 Å². The Bertz CT molecular complexity index is 1210. The molecule has 41 heavy (non-hydrogen) atoms. The third kappa shape index (κ3) is 7.15. The zero-order valence-corrected chi connectivity index (χ0v) is 24.1. The monoisotopic (exact) mass is 573 g/mol. The van der Waals surface area contributed by atoms with Crippen molar-refractivity contribution in [2.24, 2.45) is 5.92 Å². The van der Waals surface area contributed by atoms with E-state index in [1.807, 2.05) is 0 Å². The van der Waals surface area contributed by atoms with Gasteiger partial charge in [0, 0.05) is 43.4 Å². The number of amides is 2. The van der Waals surface area contributed by atoms with Crippen molar-refractivity contribution in [2.75, 3.05) is 40.3 Å². The minimum absolute atomic E-state index is 0.0508. The Hall–Kier alpha value is -2.85. The van der Waals surface area contributed by atoms with Gasteiger partial charge in [0.2, 0.25) is 5.91 Å². The summed E-state index contributed by atoms with van der Waals surface area (Å²) in [4.78, 5) is 30.9. The smallest absolute Gasteiger partial charge is 0.352 e. The Morgan fingerprint density at radius 1 is 1.07 bits per heavy atom. The molecular weight excluding hydrogens is 531 g/mol. The number of likely N-dealkylation sites (tertiary alicyclic amines) is 1. The minimum atomic E-state index is -4.45. The summed E-state index contributed by atoms with van der Waals surface area (Å²) in [6, 6.07) is 7.08.